The molecule has 0 bridgehead atoms. The van der Waals surface area contributed by atoms with Crippen molar-refractivity contribution in [3.8, 4) is 11.8 Å². The van der Waals surface area contributed by atoms with E-state index in [4.69, 9.17) is 9.47 Å². The highest BCUT2D eigenvalue weighted by Crippen LogP contribution is 2.49. The molecule has 0 amide bonds. The Morgan fingerprint density at radius 2 is 1.95 bits per heavy atom. The van der Waals surface area contributed by atoms with Crippen molar-refractivity contribution in [2.75, 3.05) is 25.1 Å². The third-order valence-electron chi connectivity index (χ3n) is 7.41. The lowest BCUT2D eigenvalue weighted by atomic mass is 9.76. The Kier molecular flexibility index (Phi) is 6.75. The van der Waals surface area contributed by atoms with Gasteiger partial charge in [-0.2, -0.15) is 5.26 Å². The van der Waals surface area contributed by atoms with E-state index in [1.54, 1.807) is 13.2 Å². The summed E-state index contributed by atoms with van der Waals surface area (Å²) in [5, 5.41) is 28.4. The zero-order chi connectivity index (χ0) is 27.2. The number of hydrogen-bond donors (Lipinski definition) is 2. The van der Waals surface area contributed by atoms with Gasteiger partial charge in [0.2, 0.25) is 0 Å². The zero-order valence-corrected chi connectivity index (χ0v) is 22.2. The topological polar surface area (TPSA) is 127 Å². The van der Waals surface area contributed by atoms with Crippen molar-refractivity contribution >= 4 is 35.1 Å². The van der Waals surface area contributed by atoms with Crippen molar-refractivity contribution in [3.05, 3.63) is 64.2 Å². The Morgan fingerprint density at radius 1 is 1.21 bits per heavy atom. The molecule has 9 nitrogen and oxygen atoms in total. The largest absolute Gasteiger partial charge is 0.497 e. The molecule has 0 aliphatic carbocycles. The van der Waals surface area contributed by atoms with Crippen LogP contribution >= 0.6 is 11.8 Å². The van der Waals surface area contributed by atoms with Gasteiger partial charge in [0.15, 0.2) is 11.8 Å². The quantitative estimate of drug-likeness (QED) is 0.304. The fourth-order valence-electron chi connectivity index (χ4n) is 5.28. The van der Waals surface area contributed by atoms with Crippen LogP contribution in [0.2, 0.25) is 0 Å². The third-order valence-corrected chi connectivity index (χ3v) is 8.81. The predicted molar refractivity (Wildman–Crippen MR) is 142 cm³/mol. The van der Waals surface area contributed by atoms with Gasteiger partial charge >= 0.3 is 11.9 Å². The number of rotatable bonds is 7. The summed E-state index contributed by atoms with van der Waals surface area (Å²) in [4.78, 5) is 26.9. The number of hydrogen-bond acceptors (Lipinski definition) is 8. The number of nitrogens with zero attached hydrogens (tertiary/aromatic N) is 3. The lowest BCUT2D eigenvalue weighted by molar-refractivity contribution is -0.138. The molecule has 3 atom stereocenters. The summed E-state index contributed by atoms with van der Waals surface area (Å²) in [7, 11) is 1.65. The van der Waals surface area contributed by atoms with Crippen LogP contribution in [0.25, 0.3) is 0 Å². The van der Waals surface area contributed by atoms with E-state index in [0.29, 0.717) is 6.42 Å². The molecule has 3 unspecified atom stereocenters. The minimum Gasteiger partial charge on any atom is -0.497 e. The van der Waals surface area contributed by atoms with Crippen LogP contribution < -0.4 is 9.64 Å². The van der Waals surface area contributed by atoms with Crippen molar-refractivity contribution in [2.45, 2.75) is 49.7 Å². The van der Waals surface area contributed by atoms with Gasteiger partial charge in [0, 0.05) is 23.2 Å². The van der Waals surface area contributed by atoms with Gasteiger partial charge in [-0.3, -0.25) is 4.79 Å². The van der Waals surface area contributed by atoms with Crippen LogP contribution in [0, 0.1) is 11.3 Å². The Hall–Kier alpha value is -3.68. The molecule has 38 heavy (non-hydrogen) atoms. The highest BCUT2D eigenvalue weighted by molar-refractivity contribution is 8.03. The summed E-state index contributed by atoms with van der Waals surface area (Å²) < 4.78 is 11.1. The van der Waals surface area contributed by atoms with Crippen LogP contribution in [0.1, 0.15) is 31.4 Å². The smallest absolute Gasteiger partial charge is 0.349 e. The number of benzene rings is 2. The van der Waals surface area contributed by atoms with E-state index in [9.17, 15) is 25.1 Å². The number of epoxide rings is 1. The van der Waals surface area contributed by atoms with Gasteiger partial charge in [0.25, 0.3) is 0 Å². The van der Waals surface area contributed by atoms with Gasteiger partial charge in [-0.05, 0) is 59.7 Å². The molecule has 2 aromatic carbocycles. The normalized spacial score (nSPS) is 24.5. The first-order valence-electron chi connectivity index (χ1n) is 12.4. The molecule has 3 heterocycles. The van der Waals surface area contributed by atoms with Crippen LogP contribution in [0.4, 0.5) is 11.4 Å². The second kappa shape index (κ2) is 9.89. The zero-order valence-electron chi connectivity index (χ0n) is 21.4. The van der Waals surface area contributed by atoms with Crippen LogP contribution in [-0.4, -0.2) is 64.8 Å². The van der Waals surface area contributed by atoms with E-state index in [1.807, 2.05) is 12.1 Å². The summed E-state index contributed by atoms with van der Waals surface area (Å²) in [5.41, 5.74) is 4.07. The minimum absolute atomic E-state index is 0.0345. The Labute approximate surface area is 225 Å². The SMILES string of the molecule is COc1ccc(N2CCC(C)(C)c3cc(CC4S/C(=C(\C#N)C(=O)O)N(CC(=O)O)C5OC45)ccc32)cc1. The molecule has 0 spiro atoms. The number of ether oxygens (including phenoxy) is 2. The molecule has 10 heteroatoms. The summed E-state index contributed by atoms with van der Waals surface area (Å²) >= 11 is 1.22. The van der Waals surface area contributed by atoms with E-state index >= 15 is 0 Å². The van der Waals surface area contributed by atoms with Crippen LogP contribution in [0.15, 0.2) is 53.1 Å². The van der Waals surface area contributed by atoms with Gasteiger partial charge in [-0.15, -0.1) is 11.8 Å². The fraction of sp³-hybridized carbons (Fsp3) is 0.393. The number of carboxylic acid groups (broad SMARTS) is 2. The van der Waals surface area contributed by atoms with E-state index in [0.717, 1.165) is 35.7 Å². The standard InChI is InChI=1S/C28H29N3O6S/c1-28(2)10-11-30(17-5-7-18(36-3)8-6-17)21-9-4-16(12-20(21)28)13-22-24-25(37-24)31(15-23(32)33)26(38-22)19(14-29)27(34)35/h4-9,12,22,24-25H,10-11,13,15H2,1-3H3,(H,32,33)(H,34,35)/b26-19+. The average Bonchev–Trinajstić information content (AvgIpc) is 3.68. The lowest BCUT2D eigenvalue weighted by Gasteiger charge is -2.40. The van der Waals surface area contributed by atoms with Gasteiger partial charge in [-0.1, -0.05) is 26.0 Å². The van der Waals surface area contributed by atoms with Gasteiger partial charge in [0.1, 0.15) is 24.5 Å². The predicted octanol–water partition coefficient (Wildman–Crippen LogP) is 4.10. The molecule has 0 radical (unpaired) electrons. The molecule has 2 N–H and O–H groups in total. The molecule has 0 aromatic heterocycles. The fourth-order valence-corrected chi connectivity index (χ4v) is 6.73. The molecular weight excluding hydrogens is 506 g/mol. The number of methoxy groups -OCH3 is 1. The van der Waals surface area contributed by atoms with E-state index in [1.165, 1.54) is 22.2 Å². The molecule has 5 rings (SSSR count). The second-order valence-electron chi connectivity index (χ2n) is 10.3. The molecule has 3 aliphatic heterocycles. The van der Waals surface area contributed by atoms with Gasteiger partial charge in [-0.25, -0.2) is 4.79 Å². The Morgan fingerprint density at radius 3 is 2.58 bits per heavy atom. The monoisotopic (exact) mass is 535 g/mol. The molecule has 2 fully saturated rings. The minimum atomic E-state index is -1.38. The van der Waals surface area contributed by atoms with Crippen molar-refractivity contribution in [1.82, 2.24) is 4.90 Å². The third kappa shape index (κ3) is 4.79. The van der Waals surface area contributed by atoms with E-state index < -0.39 is 30.3 Å². The number of aliphatic carboxylic acids is 2. The summed E-state index contributed by atoms with van der Waals surface area (Å²) in [6.45, 7) is 4.95. The number of carbonyl (C=O) groups is 2. The maximum Gasteiger partial charge on any atom is 0.349 e. The molecule has 198 valence electrons. The summed E-state index contributed by atoms with van der Waals surface area (Å²) in [6, 6.07) is 16.2. The van der Waals surface area contributed by atoms with Crippen LogP contribution in [-0.2, 0) is 26.2 Å². The van der Waals surface area contributed by atoms with Crippen molar-refractivity contribution in [3.63, 3.8) is 0 Å². The van der Waals surface area contributed by atoms with Gasteiger partial charge in [0.05, 0.1) is 12.1 Å². The van der Waals surface area contributed by atoms with E-state index in [-0.39, 0.29) is 21.8 Å². The van der Waals surface area contributed by atoms with Crippen LogP contribution in [0.3, 0.4) is 0 Å². The lowest BCUT2D eigenvalue weighted by Crippen LogP contribution is -2.40. The molecule has 3 aliphatic rings. The first kappa shape index (κ1) is 25.9. The van der Waals surface area contributed by atoms with Crippen molar-refractivity contribution in [2.24, 2.45) is 0 Å². The second-order valence-corrected chi connectivity index (χ2v) is 11.5. The first-order valence-corrected chi connectivity index (χ1v) is 13.2. The molecule has 2 saturated heterocycles. The number of nitriles is 1. The highest BCUT2D eigenvalue weighted by Gasteiger charge is 2.55. The summed E-state index contributed by atoms with van der Waals surface area (Å²) in [6.07, 6.45) is 0.787. The average molecular weight is 536 g/mol. The molecule has 2 aromatic rings. The summed E-state index contributed by atoms with van der Waals surface area (Å²) in [5.74, 6) is -1.68. The molecular formula is C28H29N3O6S. The number of thioether (sulfide) groups is 1. The highest BCUT2D eigenvalue weighted by atomic mass is 32.2. The number of fused-ring (bicyclic) bond motifs is 2. The van der Waals surface area contributed by atoms with Crippen molar-refractivity contribution < 1.29 is 29.3 Å². The van der Waals surface area contributed by atoms with Crippen molar-refractivity contribution in [1.29, 1.82) is 5.26 Å². The van der Waals surface area contributed by atoms with Crippen LogP contribution in [0.5, 0.6) is 5.75 Å². The maximum atomic E-state index is 11.7. The number of carboxylic acids is 2. The Bertz CT molecular complexity index is 1350. The number of anilines is 2. The van der Waals surface area contributed by atoms with Gasteiger partial charge < -0.3 is 29.5 Å². The maximum absolute atomic E-state index is 11.7. The Balaban J connectivity index is 1.44. The van der Waals surface area contributed by atoms with E-state index in [2.05, 4.69) is 49.1 Å². The molecule has 0 saturated carbocycles. The first-order chi connectivity index (χ1) is 18.1.